The maximum atomic E-state index is 12.4. The molecule has 0 spiro atoms. The average molecular weight is 208 g/mol. The summed E-state index contributed by atoms with van der Waals surface area (Å²) in [7, 11) is 0. The van der Waals surface area contributed by atoms with Gasteiger partial charge in [0.25, 0.3) is 6.02 Å². The minimum absolute atomic E-state index is 0.116. The Labute approximate surface area is 79.3 Å². The lowest BCUT2D eigenvalue weighted by Gasteiger charge is -2.19. The van der Waals surface area contributed by atoms with Crippen molar-refractivity contribution in [1.82, 2.24) is 5.32 Å². The van der Waals surface area contributed by atoms with E-state index in [2.05, 4.69) is 10.3 Å². The van der Waals surface area contributed by atoms with E-state index < -0.39 is 11.6 Å². The molecule has 1 N–H and O–H groups in total. The topological polar surface area (TPSA) is 33.6 Å². The van der Waals surface area contributed by atoms with E-state index in [1.54, 1.807) is 0 Å². The van der Waals surface area contributed by atoms with Gasteiger partial charge in [-0.25, -0.2) is 4.99 Å². The van der Waals surface area contributed by atoms with Crippen LogP contribution in [0.15, 0.2) is 4.99 Å². The van der Waals surface area contributed by atoms with E-state index in [0.29, 0.717) is 13.2 Å². The van der Waals surface area contributed by atoms with Gasteiger partial charge in [0.2, 0.25) is 0 Å². The molecular weight excluding hydrogens is 197 g/mol. The first kappa shape index (κ1) is 9.61. The Kier molecular flexibility index (Phi) is 2.08. The van der Waals surface area contributed by atoms with Crippen molar-refractivity contribution >= 4 is 6.02 Å². The molecule has 0 unspecified atom stereocenters. The Balaban J connectivity index is 1.86. The maximum absolute atomic E-state index is 12.4. The molecule has 1 saturated carbocycles. The lowest BCUT2D eigenvalue weighted by molar-refractivity contribution is -0.184. The van der Waals surface area contributed by atoms with Gasteiger partial charge in [-0.2, -0.15) is 13.2 Å². The second-order valence-electron chi connectivity index (χ2n) is 3.67. The number of hydrogen-bond acceptors (Lipinski definition) is 3. The molecule has 0 aromatic heterocycles. The largest absolute Gasteiger partial charge is 0.463 e. The Morgan fingerprint density at radius 3 is 2.57 bits per heavy atom. The van der Waals surface area contributed by atoms with Gasteiger partial charge >= 0.3 is 6.18 Å². The summed E-state index contributed by atoms with van der Waals surface area (Å²) in [6.45, 7) is 0.873. The number of nitrogens with zero attached hydrogens (tertiary/aromatic N) is 1. The van der Waals surface area contributed by atoms with Gasteiger partial charge in [0.05, 0.1) is 12.0 Å². The first-order valence-corrected chi connectivity index (χ1v) is 4.51. The van der Waals surface area contributed by atoms with E-state index in [4.69, 9.17) is 4.74 Å². The molecule has 0 amide bonds. The zero-order chi connectivity index (χ0) is 10.2. The van der Waals surface area contributed by atoms with Crippen LogP contribution in [0.25, 0.3) is 0 Å². The molecule has 0 aromatic carbocycles. The summed E-state index contributed by atoms with van der Waals surface area (Å²) in [6.07, 6.45) is -3.70. The van der Waals surface area contributed by atoms with Crippen LogP contribution in [0.1, 0.15) is 12.8 Å². The molecule has 2 aliphatic rings. The summed E-state index contributed by atoms with van der Waals surface area (Å²) in [6, 6.07) is 0.250. The lowest BCUT2D eigenvalue weighted by atomic mass is 10.1. The van der Waals surface area contributed by atoms with Gasteiger partial charge in [-0.3, -0.25) is 0 Å². The fourth-order valence-corrected chi connectivity index (χ4v) is 1.40. The highest BCUT2D eigenvalue weighted by Crippen LogP contribution is 2.56. The van der Waals surface area contributed by atoms with Crippen LogP contribution in [0.4, 0.5) is 13.2 Å². The predicted molar refractivity (Wildman–Crippen MR) is 44.0 cm³/mol. The molecule has 0 radical (unpaired) electrons. The number of hydrogen-bond donors (Lipinski definition) is 1. The molecule has 1 aliphatic carbocycles. The van der Waals surface area contributed by atoms with E-state index in [1.165, 1.54) is 0 Å². The third kappa shape index (κ3) is 1.65. The summed E-state index contributed by atoms with van der Waals surface area (Å²) in [5.41, 5.74) is -1.53. The van der Waals surface area contributed by atoms with Crippen LogP contribution < -0.4 is 5.32 Å². The third-order valence-corrected chi connectivity index (χ3v) is 2.62. The highest BCUT2D eigenvalue weighted by Gasteiger charge is 2.63. The summed E-state index contributed by atoms with van der Waals surface area (Å²) in [5, 5.41) is 2.60. The summed E-state index contributed by atoms with van der Waals surface area (Å²) < 4.78 is 42.3. The van der Waals surface area contributed by atoms with Crippen molar-refractivity contribution in [3.63, 3.8) is 0 Å². The Morgan fingerprint density at radius 1 is 1.43 bits per heavy atom. The lowest BCUT2D eigenvalue weighted by Crippen LogP contribution is -2.38. The molecule has 2 rings (SSSR count). The van der Waals surface area contributed by atoms with Crippen molar-refractivity contribution in [1.29, 1.82) is 0 Å². The molecule has 14 heavy (non-hydrogen) atoms. The molecule has 0 bridgehead atoms. The van der Waals surface area contributed by atoms with Crippen molar-refractivity contribution in [3.05, 3.63) is 0 Å². The second kappa shape index (κ2) is 3.03. The van der Waals surface area contributed by atoms with Gasteiger partial charge in [0.1, 0.15) is 6.61 Å². The minimum Gasteiger partial charge on any atom is -0.463 e. The van der Waals surface area contributed by atoms with Gasteiger partial charge < -0.3 is 10.1 Å². The highest BCUT2D eigenvalue weighted by atomic mass is 19.4. The monoisotopic (exact) mass is 208 g/mol. The Hall–Kier alpha value is -0.940. The number of amidine groups is 1. The normalized spacial score (nSPS) is 24.1. The van der Waals surface area contributed by atoms with Crippen molar-refractivity contribution in [3.8, 4) is 0 Å². The van der Waals surface area contributed by atoms with E-state index >= 15 is 0 Å². The van der Waals surface area contributed by atoms with Crippen molar-refractivity contribution in [2.75, 3.05) is 19.7 Å². The van der Waals surface area contributed by atoms with E-state index in [0.717, 1.165) is 0 Å². The van der Waals surface area contributed by atoms with Crippen LogP contribution in [-0.2, 0) is 4.74 Å². The molecule has 0 atom stereocenters. The Morgan fingerprint density at radius 2 is 2.14 bits per heavy atom. The molecule has 3 nitrogen and oxygen atoms in total. The molecule has 0 saturated heterocycles. The van der Waals surface area contributed by atoms with Gasteiger partial charge in [-0.15, -0.1) is 0 Å². The van der Waals surface area contributed by atoms with E-state index in [9.17, 15) is 13.2 Å². The standard InChI is InChI=1S/C8H11F3N2O/c9-8(10,11)7(1-2-7)5-13-6-12-3-4-14-6/h1-5H2,(H,12,13). The van der Waals surface area contributed by atoms with Crippen LogP contribution in [0.2, 0.25) is 0 Å². The number of halogens is 3. The number of rotatable bonds is 2. The van der Waals surface area contributed by atoms with E-state index in [1.807, 2.05) is 0 Å². The fourth-order valence-electron chi connectivity index (χ4n) is 1.40. The molecular formula is C8H11F3N2O. The van der Waals surface area contributed by atoms with Crippen LogP contribution in [0.3, 0.4) is 0 Å². The minimum atomic E-state index is -4.11. The quantitative estimate of drug-likeness (QED) is 0.742. The maximum Gasteiger partial charge on any atom is 0.396 e. The third-order valence-electron chi connectivity index (χ3n) is 2.62. The van der Waals surface area contributed by atoms with Gasteiger partial charge in [0, 0.05) is 6.54 Å². The number of ether oxygens (including phenoxy) is 1. The van der Waals surface area contributed by atoms with Crippen molar-refractivity contribution < 1.29 is 17.9 Å². The highest BCUT2D eigenvalue weighted by molar-refractivity contribution is 5.74. The van der Waals surface area contributed by atoms with Crippen LogP contribution >= 0.6 is 0 Å². The number of alkyl halides is 3. The smallest absolute Gasteiger partial charge is 0.396 e. The summed E-state index contributed by atoms with van der Waals surface area (Å²) in [5.74, 6) is 0. The molecule has 1 heterocycles. The molecule has 0 aromatic rings. The molecule has 80 valence electrons. The van der Waals surface area contributed by atoms with Gasteiger partial charge in [-0.05, 0) is 12.8 Å². The zero-order valence-corrected chi connectivity index (χ0v) is 7.52. The van der Waals surface area contributed by atoms with Crippen molar-refractivity contribution in [2.45, 2.75) is 19.0 Å². The first-order valence-electron chi connectivity index (χ1n) is 4.51. The van der Waals surface area contributed by atoms with Crippen LogP contribution in [0, 0.1) is 5.41 Å². The van der Waals surface area contributed by atoms with Crippen LogP contribution in [-0.4, -0.2) is 31.9 Å². The predicted octanol–water partition coefficient (Wildman–Crippen LogP) is 1.30. The Bertz CT molecular complexity index is 258. The number of aliphatic imine (C=N–C) groups is 1. The van der Waals surface area contributed by atoms with Crippen molar-refractivity contribution in [2.24, 2.45) is 10.4 Å². The average Bonchev–Trinajstić information content (AvgIpc) is 2.72. The van der Waals surface area contributed by atoms with Crippen LogP contribution in [0.5, 0.6) is 0 Å². The first-order chi connectivity index (χ1) is 6.54. The van der Waals surface area contributed by atoms with Gasteiger partial charge in [-0.1, -0.05) is 0 Å². The SMILES string of the molecule is FC(F)(F)C1(CNC2=NCCO2)CC1. The molecule has 1 aliphatic heterocycles. The van der Waals surface area contributed by atoms with E-state index in [-0.39, 0.29) is 25.4 Å². The van der Waals surface area contributed by atoms with Gasteiger partial charge in [0.15, 0.2) is 0 Å². The molecule has 6 heteroatoms. The second-order valence-corrected chi connectivity index (χ2v) is 3.67. The zero-order valence-electron chi connectivity index (χ0n) is 7.52. The number of nitrogens with one attached hydrogen (secondary N) is 1. The molecule has 1 fully saturated rings. The summed E-state index contributed by atoms with van der Waals surface area (Å²) in [4.78, 5) is 3.86. The fraction of sp³-hybridized carbons (Fsp3) is 0.875. The summed E-state index contributed by atoms with van der Waals surface area (Å²) >= 11 is 0.